The first-order chi connectivity index (χ1) is 15.4. The van der Waals surface area contributed by atoms with Crippen molar-refractivity contribution in [3.05, 3.63) is 102 Å². The van der Waals surface area contributed by atoms with Gasteiger partial charge in [0.25, 0.3) is 5.91 Å². The van der Waals surface area contributed by atoms with Crippen LogP contribution in [0.3, 0.4) is 0 Å². The van der Waals surface area contributed by atoms with E-state index in [1.165, 1.54) is 0 Å². The molecule has 1 atom stereocenters. The van der Waals surface area contributed by atoms with Gasteiger partial charge in [0.15, 0.2) is 9.84 Å². The van der Waals surface area contributed by atoms with Gasteiger partial charge in [0.2, 0.25) is 0 Å². The third-order valence-corrected chi connectivity index (χ3v) is 7.25. The van der Waals surface area contributed by atoms with Crippen molar-refractivity contribution >= 4 is 15.7 Å². The van der Waals surface area contributed by atoms with Crippen LogP contribution in [-0.2, 0) is 15.6 Å². The number of nitrogens with zero attached hydrogens (tertiary/aromatic N) is 1. The molecule has 168 valence electrons. The van der Waals surface area contributed by atoms with Gasteiger partial charge in [0.05, 0.1) is 16.7 Å². The van der Waals surface area contributed by atoms with E-state index in [2.05, 4.69) is 36.2 Å². The van der Waals surface area contributed by atoms with E-state index < -0.39 is 9.84 Å². The minimum Gasteiger partial charge on any atom is -0.350 e. The second-order valence-electron chi connectivity index (χ2n) is 7.63. The Balaban J connectivity index is 1.72. The van der Waals surface area contributed by atoms with Crippen molar-refractivity contribution in [2.24, 2.45) is 0 Å². The van der Waals surface area contributed by atoms with Crippen LogP contribution in [0.5, 0.6) is 0 Å². The number of hydrogen-bond acceptors (Lipinski definition) is 4. The molecule has 0 aliphatic rings. The monoisotopic (exact) mass is 450 g/mol. The van der Waals surface area contributed by atoms with Gasteiger partial charge in [-0.3, -0.25) is 9.69 Å². The third kappa shape index (κ3) is 6.05. The van der Waals surface area contributed by atoms with Gasteiger partial charge in [-0.25, -0.2) is 8.42 Å². The van der Waals surface area contributed by atoms with E-state index >= 15 is 0 Å². The van der Waals surface area contributed by atoms with Gasteiger partial charge >= 0.3 is 0 Å². The highest BCUT2D eigenvalue weighted by Gasteiger charge is 2.20. The second-order valence-corrected chi connectivity index (χ2v) is 9.62. The number of nitrogens with one attached hydrogen (secondary N) is 1. The number of benzene rings is 3. The van der Waals surface area contributed by atoms with Gasteiger partial charge in [-0.1, -0.05) is 74.5 Å². The van der Waals surface area contributed by atoms with E-state index in [1.54, 1.807) is 54.6 Å². The molecule has 0 aliphatic heterocycles. The first-order valence-electron chi connectivity index (χ1n) is 10.9. The van der Waals surface area contributed by atoms with Gasteiger partial charge in [0.1, 0.15) is 0 Å². The molecule has 0 saturated carbocycles. The number of carbonyl (C=O) groups excluding carboxylic acids is 1. The molecule has 0 radical (unpaired) electrons. The van der Waals surface area contributed by atoms with Crippen molar-refractivity contribution in [1.29, 1.82) is 0 Å². The molecule has 0 aromatic heterocycles. The zero-order valence-electron chi connectivity index (χ0n) is 18.6. The fourth-order valence-electron chi connectivity index (χ4n) is 3.82. The maximum absolute atomic E-state index is 12.9. The average Bonchev–Trinajstić information content (AvgIpc) is 2.82. The number of hydrogen-bond donors (Lipinski definition) is 1. The van der Waals surface area contributed by atoms with Crippen LogP contribution in [0.2, 0.25) is 0 Å². The van der Waals surface area contributed by atoms with Crippen molar-refractivity contribution in [3.63, 3.8) is 0 Å². The summed E-state index contributed by atoms with van der Waals surface area (Å²) < 4.78 is 25.4. The van der Waals surface area contributed by atoms with Gasteiger partial charge in [0, 0.05) is 12.1 Å². The van der Waals surface area contributed by atoms with E-state index in [-0.39, 0.29) is 22.6 Å². The fourth-order valence-corrected chi connectivity index (χ4v) is 5.18. The number of sulfone groups is 1. The topological polar surface area (TPSA) is 66.5 Å². The van der Waals surface area contributed by atoms with Crippen LogP contribution >= 0.6 is 0 Å². The molecule has 3 aromatic carbocycles. The lowest BCUT2D eigenvalue weighted by Crippen LogP contribution is -2.38. The first kappa shape index (κ1) is 23.7. The van der Waals surface area contributed by atoms with Crippen LogP contribution in [0.1, 0.15) is 41.4 Å². The molecule has 0 saturated heterocycles. The molecule has 6 heteroatoms. The summed E-state index contributed by atoms with van der Waals surface area (Å²) in [4.78, 5) is 15.5. The molecular formula is C26H30N2O3S. The Hall–Kier alpha value is -2.96. The molecule has 5 nitrogen and oxygen atoms in total. The molecule has 1 unspecified atom stereocenters. The number of amides is 1. The fraction of sp³-hybridized carbons (Fsp3) is 0.269. The van der Waals surface area contributed by atoms with E-state index in [9.17, 15) is 13.2 Å². The van der Waals surface area contributed by atoms with Gasteiger partial charge in [-0.05, 0) is 48.5 Å². The minimum absolute atomic E-state index is 0.0665. The standard InChI is InChI=1S/C26H30N2O3S/c1-3-28(4-2)25(22-13-7-5-8-14-22)19-27-26(29)23-15-11-12-21(18-23)20-32(30,31)24-16-9-6-10-17-24/h5-18,25H,3-4,19-20H2,1-2H3,(H,27,29). The number of carbonyl (C=O) groups is 1. The third-order valence-electron chi connectivity index (χ3n) is 5.54. The Morgan fingerprint density at radius 2 is 1.50 bits per heavy atom. The SMILES string of the molecule is CCN(CC)C(CNC(=O)c1cccc(CS(=O)(=O)c2ccccc2)c1)c1ccccc1. The highest BCUT2D eigenvalue weighted by atomic mass is 32.2. The summed E-state index contributed by atoms with van der Waals surface area (Å²) in [6.45, 7) is 6.43. The Morgan fingerprint density at radius 1 is 0.875 bits per heavy atom. The average molecular weight is 451 g/mol. The Labute approximate surface area is 191 Å². The zero-order chi connectivity index (χ0) is 23.0. The van der Waals surface area contributed by atoms with Crippen LogP contribution in [0.15, 0.2) is 89.8 Å². The predicted molar refractivity (Wildman–Crippen MR) is 128 cm³/mol. The van der Waals surface area contributed by atoms with E-state index in [1.807, 2.05) is 18.2 Å². The molecule has 3 rings (SSSR count). The largest absolute Gasteiger partial charge is 0.350 e. The second kappa shape index (κ2) is 11.1. The van der Waals surface area contributed by atoms with E-state index in [0.717, 1.165) is 18.7 Å². The van der Waals surface area contributed by atoms with Crippen molar-refractivity contribution in [1.82, 2.24) is 10.2 Å². The van der Waals surface area contributed by atoms with Crippen LogP contribution in [-0.4, -0.2) is 38.9 Å². The first-order valence-corrected chi connectivity index (χ1v) is 12.5. The number of rotatable bonds is 10. The zero-order valence-corrected chi connectivity index (χ0v) is 19.4. The summed E-state index contributed by atoms with van der Waals surface area (Å²) in [7, 11) is -3.47. The Bertz CT molecular complexity index is 1110. The van der Waals surface area contributed by atoms with E-state index in [0.29, 0.717) is 17.7 Å². The lowest BCUT2D eigenvalue weighted by Gasteiger charge is -2.30. The summed E-state index contributed by atoms with van der Waals surface area (Å²) in [5.74, 6) is -0.360. The van der Waals surface area contributed by atoms with Crippen molar-refractivity contribution < 1.29 is 13.2 Å². The van der Waals surface area contributed by atoms with Crippen molar-refractivity contribution in [3.8, 4) is 0 Å². The normalized spacial score (nSPS) is 12.5. The summed E-state index contributed by atoms with van der Waals surface area (Å²) in [5, 5.41) is 3.04. The Morgan fingerprint density at radius 3 is 2.12 bits per heavy atom. The van der Waals surface area contributed by atoms with Crippen molar-refractivity contribution in [2.45, 2.75) is 30.5 Å². The molecule has 0 aliphatic carbocycles. The van der Waals surface area contributed by atoms with Crippen LogP contribution in [0, 0.1) is 0 Å². The van der Waals surface area contributed by atoms with Gasteiger partial charge in [-0.15, -0.1) is 0 Å². The molecule has 3 aromatic rings. The Kier molecular flexibility index (Phi) is 8.20. The van der Waals surface area contributed by atoms with Crippen molar-refractivity contribution in [2.75, 3.05) is 19.6 Å². The number of likely N-dealkylation sites (N-methyl/N-ethyl adjacent to an activating group) is 1. The molecule has 1 N–H and O–H groups in total. The van der Waals surface area contributed by atoms with Gasteiger partial charge in [-0.2, -0.15) is 0 Å². The smallest absolute Gasteiger partial charge is 0.251 e. The molecular weight excluding hydrogens is 420 g/mol. The minimum atomic E-state index is -3.47. The lowest BCUT2D eigenvalue weighted by atomic mass is 10.0. The summed E-state index contributed by atoms with van der Waals surface area (Å²) in [5.41, 5.74) is 2.20. The quantitative estimate of drug-likeness (QED) is 0.495. The molecule has 0 spiro atoms. The highest BCUT2D eigenvalue weighted by molar-refractivity contribution is 7.90. The van der Waals surface area contributed by atoms with Gasteiger partial charge < -0.3 is 5.32 Å². The maximum atomic E-state index is 12.9. The maximum Gasteiger partial charge on any atom is 0.251 e. The van der Waals surface area contributed by atoms with Crippen LogP contribution in [0.25, 0.3) is 0 Å². The molecule has 0 bridgehead atoms. The molecule has 0 fully saturated rings. The summed E-state index contributed by atoms with van der Waals surface area (Å²) >= 11 is 0. The van der Waals surface area contributed by atoms with Crippen LogP contribution < -0.4 is 5.32 Å². The molecule has 0 heterocycles. The van der Waals surface area contributed by atoms with E-state index in [4.69, 9.17) is 0 Å². The highest BCUT2D eigenvalue weighted by Crippen LogP contribution is 2.20. The summed E-state index contributed by atoms with van der Waals surface area (Å²) in [6.07, 6.45) is 0. The molecule has 1 amide bonds. The lowest BCUT2D eigenvalue weighted by molar-refractivity contribution is 0.0935. The van der Waals surface area contributed by atoms with Crippen LogP contribution in [0.4, 0.5) is 0 Å². The predicted octanol–water partition coefficient (Wildman–Crippen LogP) is 4.47. The molecule has 32 heavy (non-hydrogen) atoms. The summed E-state index contributed by atoms with van der Waals surface area (Å²) in [6, 6.07) is 25.4.